The number of hydrogen-bond donors (Lipinski definition) is 2. The predicted molar refractivity (Wildman–Crippen MR) is 165 cm³/mol. The van der Waals surface area contributed by atoms with Gasteiger partial charge in [0.15, 0.2) is 0 Å². The monoisotopic (exact) mass is 553 g/mol. The molecule has 1 aliphatic rings. The van der Waals surface area contributed by atoms with E-state index in [2.05, 4.69) is 41.2 Å². The summed E-state index contributed by atoms with van der Waals surface area (Å²) >= 11 is 1.60. The summed E-state index contributed by atoms with van der Waals surface area (Å²) in [7, 11) is 1.85. The van der Waals surface area contributed by atoms with Crippen LogP contribution in [0, 0.1) is 13.8 Å². The Bertz CT molecular complexity index is 1580. The van der Waals surface area contributed by atoms with E-state index < -0.39 is 0 Å². The van der Waals surface area contributed by atoms with E-state index in [9.17, 15) is 9.59 Å². The molecule has 0 fully saturated rings. The zero-order chi connectivity index (χ0) is 28.4. The van der Waals surface area contributed by atoms with E-state index in [0.717, 1.165) is 69.7 Å². The fraction of sp³-hybridized carbons (Fsp3) is 0.281. The van der Waals surface area contributed by atoms with Crippen LogP contribution in [0.3, 0.4) is 0 Å². The number of nitrogens with zero attached hydrogens (tertiary/aromatic N) is 3. The zero-order valence-corrected chi connectivity index (χ0v) is 24.5. The van der Waals surface area contributed by atoms with Crippen molar-refractivity contribution in [3.8, 4) is 21.8 Å². The Balaban J connectivity index is 1.43. The number of likely N-dealkylation sites (N-methyl/N-ethyl adjacent to an activating group) is 2. The van der Waals surface area contributed by atoms with E-state index in [1.54, 1.807) is 16.2 Å². The van der Waals surface area contributed by atoms with Gasteiger partial charge < -0.3 is 20.1 Å². The first-order valence-corrected chi connectivity index (χ1v) is 14.5. The second kappa shape index (κ2) is 11.6. The van der Waals surface area contributed by atoms with Gasteiger partial charge in [-0.05, 0) is 50.7 Å². The number of aryl methyl sites for hydroxylation is 1. The number of anilines is 1. The minimum Gasteiger partial charge on any atom is -0.358 e. The van der Waals surface area contributed by atoms with Gasteiger partial charge in [0.1, 0.15) is 5.01 Å². The molecule has 7 nitrogen and oxygen atoms in total. The first-order valence-electron chi connectivity index (χ1n) is 13.7. The molecule has 0 saturated heterocycles. The third-order valence-corrected chi connectivity index (χ3v) is 8.49. The van der Waals surface area contributed by atoms with Gasteiger partial charge >= 0.3 is 0 Å². The molecule has 0 atom stereocenters. The summed E-state index contributed by atoms with van der Waals surface area (Å²) in [5.74, 6) is -0.175. The highest BCUT2D eigenvalue weighted by molar-refractivity contribution is 7.13. The van der Waals surface area contributed by atoms with Crippen molar-refractivity contribution in [2.45, 2.75) is 27.7 Å². The average Bonchev–Trinajstić information content (AvgIpc) is 3.65. The first kappa shape index (κ1) is 27.6. The van der Waals surface area contributed by atoms with E-state index in [-0.39, 0.29) is 11.8 Å². The van der Waals surface area contributed by atoms with E-state index in [1.165, 1.54) is 0 Å². The molecule has 2 aromatic heterocycles. The maximum atomic E-state index is 13.4. The Morgan fingerprint density at radius 2 is 1.77 bits per heavy atom. The highest BCUT2D eigenvalue weighted by Gasteiger charge is 2.27. The lowest BCUT2D eigenvalue weighted by atomic mass is 10.0. The summed E-state index contributed by atoms with van der Waals surface area (Å²) in [6.45, 7) is 11.5. The maximum absolute atomic E-state index is 13.4. The minimum absolute atomic E-state index is 0.0145. The lowest BCUT2D eigenvalue weighted by Gasteiger charge is -2.23. The highest BCUT2D eigenvalue weighted by atomic mass is 32.1. The fourth-order valence-electron chi connectivity index (χ4n) is 5.12. The molecule has 1 aliphatic heterocycles. The Morgan fingerprint density at radius 1 is 1.02 bits per heavy atom. The second-order valence-electron chi connectivity index (χ2n) is 10.1. The zero-order valence-electron chi connectivity index (χ0n) is 23.7. The van der Waals surface area contributed by atoms with Gasteiger partial charge in [0.2, 0.25) is 0 Å². The van der Waals surface area contributed by atoms with Crippen molar-refractivity contribution in [3.63, 3.8) is 0 Å². The number of carbonyl (C=O) groups excluding carboxylic acids is 2. The summed E-state index contributed by atoms with van der Waals surface area (Å²) in [5, 5.41) is 5.98. The quantitative estimate of drug-likeness (QED) is 0.237. The molecule has 0 bridgehead atoms. The topological polar surface area (TPSA) is 81.3 Å². The van der Waals surface area contributed by atoms with Crippen molar-refractivity contribution in [2.24, 2.45) is 0 Å². The lowest BCUT2D eigenvalue weighted by molar-refractivity contribution is -0.110. The molecule has 2 aromatic carbocycles. The van der Waals surface area contributed by atoms with Crippen LogP contribution in [-0.4, -0.2) is 64.8 Å². The van der Waals surface area contributed by atoms with Crippen LogP contribution in [0.2, 0.25) is 0 Å². The molecule has 8 heteroatoms. The summed E-state index contributed by atoms with van der Waals surface area (Å²) in [4.78, 5) is 38.7. The van der Waals surface area contributed by atoms with Crippen LogP contribution < -0.4 is 5.32 Å². The molecular weight excluding hydrogens is 518 g/mol. The number of amides is 2. The molecule has 206 valence electrons. The lowest BCUT2D eigenvalue weighted by Crippen LogP contribution is -2.36. The molecule has 0 radical (unpaired) electrons. The van der Waals surface area contributed by atoms with Gasteiger partial charge in [0.25, 0.3) is 11.8 Å². The van der Waals surface area contributed by atoms with Gasteiger partial charge in [-0.25, -0.2) is 4.98 Å². The number of carbonyl (C=O) groups is 2. The molecule has 0 spiro atoms. The van der Waals surface area contributed by atoms with E-state index in [1.807, 2.05) is 68.7 Å². The molecule has 5 rings (SSSR count). The highest BCUT2D eigenvalue weighted by Crippen LogP contribution is 2.38. The van der Waals surface area contributed by atoms with Gasteiger partial charge in [0, 0.05) is 59.3 Å². The van der Waals surface area contributed by atoms with Gasteiger partial charge in [-0.2, -0.15) is 0 Å². The van der Waals surface area contributed by atoms with Crippen LogP contribution in [0.15, 0.2) is 53.9 Å². The number of H-pyrrole nitrogens is 1. The minimum atomic E-state index is -0.161. The average molecular weight is 554 g/mol. The molecule has 4 aromatic rings. The Kier molecular flexibility index (Phi) is 8.00. The Labute approximate surface area is 239 Å². The van der Waals surface area contributed by atoms with Crippen LogP contribution >= 0.6 is 11.3 Å². The van der Waals surface area contributed by atoms with Crippen LogP contribution in [-0.2, 0) is 4.79 Å². The van der Waals surface area contributed by atoms with Crippen molar-refractivity contribution in [2.75, 3.05) is 38.5 Å². The number of rotatable bonds is 9. The van der Waals surface area contributed by atoms with E-state index in [0.29, 0.717) is 17.7 Å². The number of benzene rings is 2. The fourth-order valence-corrected chi connectivity index (χ4v) is 5.95. The number of aromatic nitrogens is 2. The molecule has 2 N–H and O–H groups in total. The number of nitrogens with one attached hydrogen (secondary N) is 2. The number of fused-ring (bicyclic) bond motifs is 1. The van der Waals surface area contributed by atoms with Crippen LogP contribution in [0.4, 0.5) is 5.69 Å². The van der Waals surface area contributed by atoms with Gasteiger partial charge in [-0.3, -0.25) is 9.59 Å². The summed E-state index contributed by atoms with van der Waals surface area (Å²) in [6, 6.07) is 16.0. The molecule has 2 amide bonds. The van der Waals surface area contributed by atoms with E-state index >= 15 is 0 Å². The Hall–Kier alpha value is -4.01. The molecule has 0 saturated carbocycles. The molecule has 3 heterocycles. The predicted octanol–water partition coefficient (Wildman–Crippen LogP) is 6.33. The smallest absolute Gasteiger partial charge is 0.256 e. The van der Waals surface area contributed by atoms with Crippen LogP contribution in [0.25, 0.3) is 33.5 Å². The van der Waals surface area contributed by atoms with Gasteiger partial charge in [-0.1, -0.05) is 50.2 Å². The molecule has 0 unspecified atom stereocenters. The van der Waals surface area contributed by atoms with Crippen LogP contribution in [0.1, 0.15) is 46.7 Å². The largest absolute Gasteiger partial charge is 0.358 e. The van der Waals surface area contributed by atoms with Crippen molar-refractivity contribution >= 4 is 40.5 Å². The van der Waals surface area contributed by atoms with Crippen molar-refractivity contribution in [3.05, 3.63) is 82.0 Å². The number of hydrogen-bond acceptors (Lipinski definition) is 5. The third kappa shape index (κ3) is 5.37. The molecular formula is C32H35N5O2S. The van der Waals surface area contributed by atoms with Crippen LogP contribution in [0.5, 0.6) is 0 Å². The summed E-state index contributed by atoms with van der Waals surface area (Å²) in [5.41, 5.74) is 8.13. The maximum Gasteiger partial charge on any atom is 0.256 e. The standard InChI is InChI=1S/C32H35N5O2S/c1-6-37(7-2)16-15-36(5)32(39)29-20(3)27(33-21(29)4)18-25-24-17-23(13-14-26(24)34-30(25)38)28-19-40-31(35-28)22-11-9-8-10-12-22/h8-14,17-19,33H,6-7,15-16H2,1-5H3,(H,34,38). The molecule has 0 aliphatic carbocycles. The van der Waals surface area contributed by atoms with Crippen molar-refractivity contribution in [1.82, 2.24) is 19.8 Å². The van der Waals surface area contributed by atoms with Crippen molar-refractivity contribution in [1.29, 1.82) is 0 Å². The number of thiazole rings is 1. The summed E-state index contributed by atoms with van der Waals surface area (Å²) < 4.78 is 0. The SMILES string of the molecule is CCN(CC)CCN(C)C(=O)c1c(C)[nH]c(C=C2C(=O)Nc3ccc(-c4csc(-c5ccccc5)n4)cc32)c1C. The normalized spacial score (nSPS) is 13.7. The first-order chi connectivity index (χ1) is 19.3. The summed E-state index contributed by atoms with van der Waals surface area (Å²) in [6.07, 6.45) is 1.86. The third-order valence-electron chi connectivity index (χ3n) is 7.59. The van der Waals surface area contributed by atoms with Gasteiger partial charge in [0.05, 0.1) is 16.8 Å². The van der Waals surface area contributed by atoms with Gasteiger partial charge in [-0.15, -0.1) is 11.3 Å². The molecule has 40 heavy (non-hydrogen) atoms. The second-order valence-corrected chi connectivity index (χ2v) is 11.0. The Morgan fingerprint density at radius 3 is 2.50 bits per heavy atom. The number of aromatic amines is 1. The van der Waals surface area contributed by atoms with Crippen molar-refractivity contribution < 1.29 is 9.59 Å². The van der Waals surface area contributed by atoms with E-state index in [4.69, 9.17) is 4.98 Å².